The smallest absolute Gasteiger partial charge is 0.306 e. The van der Waals surface area contributed by atoms with E-state index in [-0.39, 0.29) is 31.1 Å². The monoisotopic (exact) mass is 909 g/mol. The third-order valence-electron chi connectivity index (χ3n) is 12.0. The minimum atomic E-state index is -0.786. The maximum Gasteiger partial charge on any atom is 0.306 e. The predicted octanol–water partition coefficient (Wildman–Crippen LogP) is 18.4. The van der Waals surface area contributed by atoms with Crippen LogP contribution in [-0.2, 0) is 28.6 Å². The van der Waals surface area contributed by atoms with Crippen LogP contribution < -0.4 is 0 Å². The zero-order valence-corrected chi connectivity index (χ0v) is 43.0. The summed E-state index contributed by atoms with van der Waals surface area (Å²) in [6.45, 7) is 6.52. The van der Waals surface area contributed by atoms with Crippen LogP contribution in [0.2, 0.25) is 0 Å². The number of unbranched alkanes of at least 4 members (excludes halogenated alkanes) is 29. The largest absolute Gasteiger partial charge is 0.462 e. The fourth-order valence-corrected chi connectivity index (χ4v) is 7.84. The van der Waals surface area contributed by atoms with E-state index < -0.39 is 6.10 Å². The van der Waals surface area contributed by atoms with Crippen LogP contribution in [0.15, 0.2) is 60.8 Å². The summed E-state index contributed by atoms with van der Waals surface area (Å²) in [7, 11) is 0. The van der Waals surface area contributed by atoms with E-state index in [2.05, 4.69) is 81.5 Å². The maximum atomic E-state index is 12.8. The number of hydrogen-bond donors (Lipinski definition) is 0. The molecule has 65 heavy (non-hydrogen) atoms. The van der Waals surface area contributed by atoms with Crippen LogP contribution in [0.1, 0.15) is 278 Å². The average molecular weight is 909 g/mol. The minimum absolute atomic E-state index is 0.0831. The second kappa shape index (κ2) is 53.7. The van der Waals surface area contributed by atoms with Crippen molar-refractivity contribution in [2.45, 2.75) is 284 Å². The van der Waals surface area contributed by atoms with Crippen molar-refractivity contribution in [3.8, 4) is 0 Å². The van der Waals surface area contributed by atoms with Crippen molar-refractivity contribution in [2.24, 2.45) is 0 Å². The van der Waals surface area contributed by atoms with Gasteiger partial charge in [0, 0.05) is 19.3 Å². The summed E-state index contributed by atoms with van der Waals surface area (Å²) < 4.78 is 16.8. The van der Waals surface area contributed by atoms with E-state index >= 15 is 0 Å². The Morgan fingerprint density at radius 2 is 0.600 bits per heavy atom. The van der Waals surface area contributed by atoms with Crippen molar-refractivity contribution in [2.75, 3.05) is 13.2 Å². The lowest BCUT2D eigenvalue weighted by Crippen LogP contribution is -2.30. The average Bonchev–Trinajstić information content (AvgIpc) is 3.30. The number of ether oxygens (including phenoxy) is 3. The standard InChI is InChI=1S/C59H104O6/c1-4-7-10-13-16-19-22-25-28-29-32-34-37-40-43-46-49-52-58(61)64-55-56(65-59(62)53-50-47-44-41-38-35-31-27-24-21-18-15-12-9-6-3)54-63-57(60)51-48-45-42-39-36-33-30-26-23-20-17-14-11-8-5-2/h7,10,16,19,25,27-28,31-32,34,56H,4-6,8-9,11-15,17-18,20-24,26,29-30,33,35-55H2,1-3H3/b10-7-,19-16-,28-25-,31-27-,34-32-. The highest BCUT2D eigenvalue weighted by atomic mass is 16.6. The topological polar surface area (TPSA) is 78.9 Å². The molecule has 0 aliphatic rings. The highest BCUT2D eigenvalue weighted by Crippen LogP contribution is 2.16. The zero-order valence-electron chi connectivity index (χ0n) is 43.0. The van der Waals surface area contributed by atoms with Gasteiger partial charge in [-0.15, -0.1) is 0 Å². The Morgan fingerprint density at radius 3 is 0.954 bits per heavy atom. The van der Waals surface area contributed by atoms with Gasteiger partial charge in [0.2, 0.25) is 0 Å². The molecule has 6 heteroatoms. The zero-order chi connectivity index (χ0) is 47.2. The van der Waals surface area contributed by atoms with Crippen LogP contribution in [0.3, 0.4) is 0 Å². The van der Waals surface area contributed by atoms with Gasteiger partial charge in [-0.25, -0.2) is 0 Å². The summed E-state index contributed by atoms with van der Waals surface area (Å²) in [5.41, 5.74) is 0. The second-order valence-electron chi connectivity index (χ2n) is 18.5. The van der Waals surface area contributed by atoms with E-state index in [0.717, 1.165) is 109 Å². The van der Waals surface area contributed by atoms with Crippen LogP contribution in [0.25, 0.3) is 0 Å². The quantitative estimate of drug-likeness (QED) is 0.0262. The Kier molecular flexibility index (Phi) is 51.3. The van der Waals surface area contributed by atoms with E-state index in [0.29, 0.717) is 19.3 Å². The molecule has 6 nitrogen and oxygen atoms in total. The first-order valence-electron chi connectivity index (χ1n) is 27.8. The van der Waals surface area contributed by atoms with Gasteiger partial charge in [-0.1, -0.05) is 236 Å². The molecule has 0 aliphatic heterocycles. The molecule has 0 N–H and O–H groups in total. The van der Waals surface area contributed by atoms with Gasteiger partial charge < -0.3 is 14.2 Å². The highest BCUT2D eigenvalue weighted by molar-refractivity contribution is 5.71. The molecule has 0 saturated heterocycles. The van der Waals surface area contributed by atoms with Crippen molar-refractivity contribution >= 4 is 17.9 Å². The van der Waals surface area contributed by atoms with Gasteiger partial charge in [0.1, 0.15) is 13.2 Å². The summed E-state index contributed by atoms with van der Waals surface area (Å²) in [5, 5.41) is 0. The first-order chi connectivity index (χ1) is 32.0. The molecular weight excluding hydrogens is 805 g/mol. The number of esters is 3. The minimum Gasteiger partial charge on any atom is -0.462 e. The first kappa shape index (κ1) is 62.1. The Bertz CT molecular complexity index is 1180. The van der Waals surface area contributed by atoms with E-state index in [1.165, 1.54) is 128 Å². The van der Waals surface area contributed by atoms with Crippen LogP contribution in [0.5, 0.6) is 0 Å². The van der Waals surface area contributed by atoms with Gasteiger partial charge in [-0.3, -0.25) is 14.4 Å². The molecular formula is C59H104O6. The van der Waals surface area contributed by atoms with Gasteiger partial charge in [0.25, 0.3) is 0 Å². The molecule has 0 fully saturated rings. The van der Waals surface area contributed by atoms with Gasteiger partial charge in [0.05, 0.1) is 0 Å². The summed E-state index contributed by atoms with van der Waals surface area (Å²) in [4.78, 5) is 38.1. The Balaban J connectivity index is 4.42. The summed E-state index contributed by atoms with van der Waals surface area (Å²) in [5.74, 6) is -0.906. The van der Waals surface area contributed by atoms with Crippen LogP contribution >= 0.6 is 0 Å². The number of hydrogen-bond acceptors (Lipinski definition) is 6. The van der Waals surface area contributed by atoms with E-state index in [1.807, 2.05) is 0 Å². The number of allylic oxidation sites excluding steroid dienone is 10. The van der Waals surface area contributed by atoms with Crippen LogP contribution in [-0.4, -0.2) is 37.2 Å². The summed E-state index contributed by atoms with van der Waals surface area (Å²) >= 11 is 0. The molecule has 1 unspecified atom stereocenters. The van der Waals surface area contributed by atoms with E-state index in [4.69, 9.17) is 14.2 Å². The molecule has 0 aliphatic carbocycles. The van der Waals surface area contributed by atoms with Crippen molar-refractivity contribution in [1.82, 2.24) is 0 Å². The molecule has 0 radical (unpaired) electrons. The number of carbonyl (C=O) groups excluding carboxylic acids is 3. The summed E-state index contributed by atoms with van der Waals surface area (Å²) in [6, 6.07) is 0. The van der Waals surface area contributed by atoms with Gasteiger partial charge >= 0.3 is 17.9 Å². The van der Waals surface area contributed by atoms with Gasteiger partial charge in [-0.05, 0) is 83.5 Å². The third-order valence-corrected chi connectivity index (χ3v) is 12.0. The normalized spacial score (nSPS) is 12.5. The lowest BCUT2D eigenvalue weighted by molar-refractivity contribution is -0.167. The SMILES string of the molecule is CC/C=C\C/C=C\C/C=C\C/C=C\CCCCCCC(=O)OCC(COC(=O)CCCCCCCCCCCCCCCCC)OC(=O)CCCCCCC/C=C\CCCCCCCC. The predicted molar refractivity (Wildman–Crippen MR) is 279 cm³/mol. The van der Waals surface area contributed by atoms with E-state index in [1.54, 1.807) is 0 Å². The Hall–Kier alpha value is -2.89. The molecule has 0 bridgehead atoms. The number of carbonyl (C=O) groups is 3. The Morgan fingerprint density at radius 1 is 0.323 bits per heavy atom. The molecule has 0 heterocycles. The molecule has 0 amide bonds. The molecule has 0 spiro atoms. The summed E-state index contributed by atoms with van der Waals surface area (Å²) in [6.07, 6.45) is 66.3. The lowest BCUT2D eigenvalue weighted by atomic mass is 10.0. The fraction of sp³-hybridized carbons (Fsp3) is 0.780. The molecule has 0 aromatic rings. The third kappa shape index (κ3) is 51.9. The van der Waals surface area contributed by atoms with Crippen molar-refractivity contribution in [3.05, 3.63) is 60.8 Å². The second-order valence-corrected chi connectivity index (χ2v) is 18.5. The molecule has 1 atom stereocenters. The fourth-order valence-electron chi connectivity index (χ4n) is 7.84. The van der Waals surface area contributed by atoms with Crippen molar-refractivity contribution in [1.29, 1.82) is 0 Å². The van der Waals surface area contributed by atoms with Crippen molar-refractivity contribution < 1.29 is 28.6 Å². The van der Waals surface area contributed by atoms with Gasteiger partial charge in [-0.2, -0.15) is 0 Å². The number of rotatable bonds is 50. The molecule has 0 aromatic carbocycles. The molecule has 0 rings (SSSR count). The molecule has 376 valence electrons. The highest BCUT2D eigenvalue weighted by Gasteiger charge is 2.19. The van der Waals surface area contributed by atoms with E-state index in [9.17, 15) is 14.4 Å². The Labute approximate surface area is 402 Å². The first-order valence-corrected chi connectivity index (χ1v) is 27.8. The van der Waals surface area contributed by atoms with Crippen LogP contribution in [0.4, 0.5) is 0 Å². The van der Waals surface area contributed by atoms with Crippen molar-refractivity contribution in [3.63, 3.8) is 0 Å². The molecule has 0 saturated carbocycles. The lowest BCUT2D eigenvalue weighted by Gasteiger charge is -2.18. The van der Waals surface area contributed by atoms with Gasteiger partial charge in [0.15, 0.2) is 6.10 Å². The maximum absolute atomic E-state index is 12.8. The van der Waals surface area contributed by atoms with Crippen LogP contribution in [0, 0.1) is 0 Å². The molecule has 0 aromatic heterocycles.